The Hall–Kier alpha value is -0.410. The molecule has 0 saturated heterocycles. The molecule has 2 unspecified atom stereocenters. The zero-order valence-corrected chi connectivity index (χ0v) is 10.5. The van der Waals surface area contributed by atoms with Gasteiger partial charge in [-0.15, -0.1) is 0 Å². The molecule has 0 aromatic rings. The number of carbonyl (C=O) groups excluding carboxylic acids is 1. The highest BCUT2D eigenvalue weighted by molar-refractivity contribution is 5.58. The molecule has 0 aliphatic rings. The van der Waals surface area contributed by atoms with Crippen molar-refractivity contribution in [1.29, 1.82) is 0 Å². The van der Waals surface area contributed by atoms with E-state index in [9.17, 15) is 4.79 Å². The molecular weight excluding hydrogens is 190 g/mol. The van der Waals surface area contributed by atoms with E-state index in [1.54, 1.807) is 6.92 Å². The zero-order valence-electron chi connectivity index (χ0n) is 10.5. The summed E-state index contributed by atoms with van der Waals surface area (Å²) < 4.78 is 0. The fourth-order valence-electron chi connectivity index (χ4n) is 1.85. The molecule has 3 nitrogen and oxygen atoms in total. The predicted molar refractivity (Wildman–Crippen MR) is 62.9 cm³/mol. The van der Waals surface area contributed by atoms with E-state index in [4.69, 9.17) is 5.11 Å². The third kappa shape index (κ3) is 6.63. The van der Waals surface area contributed by atoms with Gasteiger partial charge in [0.25, 0.3) is 0 Å². The van der Waals surface area contributed by atoms with Crippen LogP contribution in [0.1, 0.15) is 40.0 Å². The molecule has 0 aromatic heterocycles. The maximum atomic E-state index is 11.0. The Morgan fingerprint density at radius 3 is 2.53 bits per heavy atom. The first-order chi connectivity index (χ1) is 6.93. The number of hydrogen-bond donors (Lipinski definition) is 1. The first-order valence-electron chi connectivity index (χ1n) is 5.76. The van der Waals surface area contributed by atoms with E-state index in [1.165, 1.54) is 0 Å². The fourth-order valence-corrected chi connectivity index (χ4v) is 1.85. The number of hydrogen-bond acceptors (Lipinski definition) is 3. The lowest BCUT2D eigenvalue weighted by Gasteiger charge is -2.29. The minimum absolute atomic E-state index is 0.234. The molecule has 0 amide bonds. The second-order valence-corrected chi connectivity index (χ2v) is 4.90. The Morgan fingerprint density at radius 1 is 1.53 bits per heavy atom. The van der Waals surface area contributed by atoms with Crippen LogP contribution in [0.3, 0.4) is 0 Å². The third-order valence-corrected chi connectivity index (χ3v) is 2.67. The molecule has 0 aromatic carbocycles. The molecule has 0 aliphatic carbocycles. The van der Waals surface area contributed by atoms with Crippen LogP contribution < -0.4 is 0 Å². The summed E-state index contributed by atoms with van der Waals surface area (Å²) in [5.74, 6) is 0. The third-order valence-electron chi connectivity index (χ3n) is 2.67. The summed E-state index contributed by atoms with van der Waals surface area (Å²) >= 11 is 0. The van der Waals surface area contributed by atoms with Crippen molar-refractivity contribution in [2.75, 3.05) is 20.1 Å². The SMILES string of the molecule is CCCC(C)(C=O)CN(C)CCC(C)O. The molecule has 0 aliphatic heterocycles. The van der Waals surface area contributed by atoms with E-state index < -0.39 is 0 Å². The number of aliphatic hydroxyl groups excluding tert-OH is 1. The first-order valence-corrected chi connectivity index (χ1v) is 5.76. The smallest absolute Gasteiger partial charge is 0.127 e. The minimum atomic E-state index is -0.263. The molecule has 3 heteroatoms. The van der Waals surface area contributed by atoms with Crippen LogP contribution in [0.2, 0.25) is 0 Å². The fraction of sp³-hybridized carbons (Fsp3) is 0.917. The lowest BCUT2D eigenvalue weighted by molar-refractivity contribution is -0.116. The van der Waals surface area contributed by atoms with Crippen molar-refractivity contribution in [2.45, 2.75) is 46.1 Å². The van der Waals surface area contributed by atoms with Gasteiger partial charge in [0.05, 0.1) is 6.10 Å². The van der Waals surface area contributed by atoms with Gasteiger partial charge >= 0.3 is 0 Å². The molecule has 0 bridgehead atoms. The molecule has 0 radical (unpaired) electrons. The minimum Gasteiger partial charge on any atom is -0.393 e. The predicted octanol–water partition coefficient (Wildman–Crippen LogP) is 1.69. The molecule has 0 saturated carbocycles. The highest BCUT2D eigenvalue weighted by Gasteiger charge is 2.24. The van der Waals surface area contributed by atoms with Gasteiger partial charge < -0.3 is 14.8 Å². The number of aldehydes is 1. The van der Waals surface area contributed by atoms with E-state index in [0.717, 1.165) is 38.6 Å². The summed E-state index contributed by atoms with van der Waals surface area (Å²) in [5.41, 5.74) is -0.234. The van der Waals surface area contributed by atoms with Gasteiger partial charge in [-0.2, -0.15) is 0 Å². The summed E-state index contributed by atoms with van der Waals surface area (Å²) in [4.78, 5) is 13.1. The van der Waals surface area contributed by atoms with Crippen LogP contribution in [-0.4, -0.2) is 42.5 Å². The normalized spacial score (nSPS) is 17.5. The van der Waals surface area contributed by atoms with E-state index in [2.05, 4.69) is 11.8 Å². The molecule has 0 spiro atoms. The second-order valence-electron chi connectivity index (χ2n) is 4.90. The van der Waals surface area contributed by atoms with Gasteiger partial charge in [-0.25, -0.2) is 0 Å². The van der Waals surface area contributed by atoms with Gasteiger partial charge in [0.2, 0.25) is 0 Å². The number of aliphatic hydroxyl groups is 1. The quantitative estimate of drug-likeness (QED) is 0.626. The number of nitrogens with zero attached hydrogens (tertiary/aromatic N) is 1. The molecule has 2 atom stereocenters. The molecule has 90 valence electrons. The second kappa shape index (κ2) is 6.96. The molecule has 15 heavy (non-hydrogen) atoms. The zero-order chi connectivity index (χ0) is 11.9. The lowest BCUT2D eigenvalue weighted by atomic mass is 9.87. The van der Waals surface area contributed by atoms with Crippen LogP contribution in [0, 0.1) is 5.41 Å². The van der Waals surface area contributed by atoms with Crippen molar-refractivity contribution in [3.8, 4) is 0 Å². The van der Waals surface area contributed by atoms with Gasteiger partial charge in [-0.3, -0.25) is 0 Å². The number of carbonyl (C=O) groups is 1. The largest absolute Gasteiger partial charge is 0.393 e. The van der Waals surface area contributed by atoms with E-state index >= 15 is 0 Å². The molecule has 0 heterocycles. The van der Waals surface area contributed by atoms with Gasteiger partial charge in [-0.1, -0.05) is 20.3 Å². The monoisotopic (exact) mass is 215 g/mol. The van der Waals surface area contributed by atoms with Crippen LogP contribution in [0.15, 0.2) is 0 Å². The summed E-state index contributed by atoms with van der Waals surface area (Å²) in [6, 6.07) is 0. The Labute approximate surface area is 93.5 Å². The van der Waals surface area contributed by atoms with E-state index in [-0.39, 0.29) is 11.5 Å². The summed E-state index contributed by atoms with van der Waals surface area (Å²) in [6.45, 7) is 7.50. The van der Waals surface area contributed by atoms with Crippen LogP contribution in [0.4, 0.5) is 0 Å². The maximum absolute atomic E-state index is 11.0. The van der Waals surface area contributed by atoms with Gasteiger partial charge in [0.15, 0.2) is 0 Å². The highest BCUT2D eigenvalue weighted by atomic mass is 16.3. The average molecular weight is 215 g/mol. The van der Waals surface area contributed by atoms with Gasteiger partial charge in [-0.05, 0) is 26.8 Å². The van der Waals surface area contributed by atoms with E-state index in [1.807, 2.05) is 14.0 Å². The maximum Gasteiger partial charge on any atom is 0.127 e. The summed E-state index contributed by atoms with van der Waals surface area (Å²) in [7, 11) is 2.00. The molecule has 0 fully saturated rings. The van der Waals surface area contributed by atoms with Crippen LogP contribution in [-0.2, 0) is 4.79 Å². The first kappa shape index (κ1) is 14.6. The van der Waals surface area contributed by atoms with Crippen molar-refractivity contribution in [3.05, 3.63) is 0 Å². The van der Waals surface area contributed by atoms with Crippen LogP contribution in [0.25, 0.3) is 0 Å². The van der Waals surface area contributed by atoms with Crippen molar-refractivity contribution in [3.63, 3.8) is 0 Å². The Kier molecular flexibility index (Phi) is 6.77. The number of rotatable bonds is 8. The highest BCUT2D eigenvalue weighted by Crippen LogP contribution is 2.21. The van der Waals surface area contributed by atoms with Crippen molar-refractivity contribution in [2.24, 2.45) is 5.41 Å². The van der Waals surface area contributed by atoms with Gasteiger partial charge in [0, 0.05) is 18.5 Å². The summed E-state index contributed by atoms with van der Waals surface area (Å²) in [6.07, 6.45) is 3.52. The standard InChI is InChI=1S/C12H25NO2/c1-5-7-12(3,10-14)9-13(4)8-6-11(2)15/h10-11,15H,5-9H2,1-4H3. The molecule has 0 rings (SSSR count). The van der Waals surface area contributed by atoms with Crippen LogP contribution in [0.5, 0.6) is 0 Å². The Bertz CT molecular complexity index is 182. The lowest BCUT2D eigenvalue weighted by Crippen LogP contribution is -2.36. The van der Waals surface area contributed by atoms with Gasteiger partial charge in [0.1, 0.15) is 6.29 Å². The Morgan fingerprint density at radius 2 is 2.13 bits per heavy atom. The van der Waals surface area contributed by atoms with Crippen molar-refractivity contribution in [1.82, 2.24) is 4.90 Å². The Balaban J connectivity index is 4.00. The molecule has 1 N–H and O–H groups in total. The average Bonchev–Trinajstić information content (AvgIpc) is 2.15. The van der Waals surface area contributed by atoms with Crippen molar-refractivity contribution < 1.29 is 9.90 Å². The van der Waals surface area contributed by atoms with Crippen LogP contribution >= 0.6 is 0 Å². The van der Waals surface area contributed by atoms with Crippen molar-refractivity contribution >= 4 is 6.29 Å². The summed E-state index contributed by atoms with van der Waals surface area (Å²) in [5, 5.41) is 9.16. The molecular formula is C12H25NO2. The topological polar surface area (TPSA) is 40.5 Å². The van der Waals surface area contributed by atoms with E-state index in [0.29, 0.717) is 0 Å².